The molecule has 2 aromatic carbocycles. The molecule has 6 nitrogen and oxygen atoms in total. The number of H-pyrrole nitrogens is 2. The summed E-state index contributed by atoms with van der Waals surface area (Å²) >= 11 is 6.01. The lowest BCUT2D eigenvalue weighted by Gasteiger charge is -2.06. The Balaban J connectivity index is 1.61. The van der Waals surface area contributed by atoms with Crippen molar-refractivity contribution in [2.75, 3.05) is 4.72 Å². The topological polar surface area (TPSA) is 90.6 Å². The number of rotatable bonds is 4. The Labute approximate surface area is 148 Å². The van der Waals surface area contributed by atoms with E-state index in [1.807, 2.05) is 36.4 Å². The van der Waals surface area contributed by atoms with Gasteiger partial charge in [0.05, 0.1) is 12.5 Å². The summed E-state index contributed by atoms with van der Waals surface area (Å²) < 4.78 is 26.8. The van der Waals surface area contributed by atoms with Gasteiger partial charge in [0.25, 0.3) is 10.0 Å². The Morgan fingerprint density at radius 3 is 2.56 bits per heavy atom. The summed E-state index contributed by atoms with van der Waals surface area (Å²) in [5.74, 6) is 0. The van der Waals surface area contributed by atoms with Gasteiger partial charge in [-0.15, -0.1) is 0 Å². The number of aromatic nitrogens is 3. The number of hydrogen-bond donors (Lipinski definition) is 3. The zero-order chi connectivity index (χ0) is 17.4. The van der Waals surface area contributed by atoms with Gasteiger partial charge in [0.1, 0.15) is 0 Å². The molecule has 0 saturated carbocycles. The molecule has 0 amide bonds. The SMILES string of the molecule is O=S(=O)(Nc1ccc(-c2cc3cc(Cl)ccc3[nH]2)cc1)c1cnc[nH]1. The van der Waals surface area contributed by atoms with Crippen LogP contribution < -0.4 is 4.72 Å². The van der Waals surface area contributed by atoms with E-state index >= 15 is 0 Å². The fraction of sp³-hybridized carbons (Fsp3) is 0. The number of aromatic amines is 2. The molecule has 4 rings (SSSR count). The quantitative estimate of drug-likeness (QED) is 0.505. The summed E-state index contributed by atoms with van der Waals surface area (Å²) in [5.41, 5.74) is 3.33. The molecule has 0 saturated heterocycles. The van der Waals surface area contributed by atoms with Crippen molar-refractivity contribution in [3.63, 3.8) is 0 Å². The van der Waals surface area contributed by atoms with Crippen molar-refractivity contribution in [3.05, 3.63) is 66.1 Å². The van der Waals surface area contributed by atoms with Crippen LogP contribution in [0.25, 0.3) is 22.2 Å². The normalized spacial score (nSPS) is 11.7. The molecule has 0 aliphatic heterocycles. The molecule has 8 heteroatoms. The summed E-state index contributed by atoms with van der Waals surface area (Å²) in [7, 11) is -3.66. The first-order valence-electron chi connectivity index (χ1n) is 7.41. The molecule has 0 bridgehead atoms. The molecular weight excluding hydrogens is 360 g/mol. The first-order chi connectivity index (χ1) is 12.0. The fourth-order valence-electron chi connectivity index (χ4n) is 2.58. The van der Waals surface area contributed by atoms with Crippen LogP contribution in [0.1, 0.15) is 0 Å². The van der Waals surface area contributed by atoms with E-state index in [0.717, 1.165) is 22.2 Å². The van der Waals surface area contributed by atoms with Gasteiger partial charge in [-0.1, -0.05) is 23.7 Å². The molecule has 0 aliphatic carbocycles. The maximum Gasteiger partial charge on any atom is 0.278 e. The highest BCUT2D eigenvalue weighted by Crippen LogP contribution is 2.27. The first kappa shape index (κ1) is 15.7. The van der Waals surface area contributed by atoms with Crippen LogP contribution in [0.3, 0.4) is 0 Å². The fourth-order valence-corrected chi connectivity index (χ4v) is 3.72. The van der Waals surface area contributed by atoms with Crippen LogP contribution in [0.15, 0.2) is 66.1 Å². The Morgan fingerprint density at radius 2 is 1.84 bits per heavy atom. The van der Waals surface area contributed by atoms with Crippen LogP contribution >= 0.6 is 11.6 Å². The largest absolute Gasteiger partial charge is 0.355 e. The molecule has 0 aliphatic rings. The number of sulfonamides is 1. The number of nitrogens with zero attached hydrogens (tertiary/aromatic N) is 1. The minimum Gasteiger partial charge on any atom is -0.355 e. The Hall–Kier alpha value is -2.77. The molecule has 3 N–H and O–H groups in total. The van der Waals surface area contributed by atoms with Crippen molar-refractivity contribution >= 4 is 38.2 Å². The van der Waals surface area contributed by atoms with Gasteiger partial charge in [-0.3, -0.25) is 4.72 Å². The van der Waals surface area contributed by atoms with Gasteiger partial charge < -0.3 is 9.97 Å². The molecule has 2 heterocycles. The third kappa shape index (κ3) is 3.11. The van der Waals surface area contributed by atoms with Gasteiger partial charge in [-0.25, -0.2) is 4.98 Å². The molecule has 4 aromatic rings. The number of fused-ring (bicyclic) bond motifs is 1. The highest BCUT2D eigenvalue weighted by molar-refractivity contribution is 7.92. The third-order valence-corrected chi connectivity index (χ3v) is 5.34. The second-order valence-electron chi connectivity index (χ2n) is 5.51. The lowest BCUT2D eigenvalue weighted by atomic mass is 10.1. The first-order valence-corrected chi connectivity index (χ1v) is 9.27. The molecule has 25 heavy (non-hydrogen) atoms. The maximum absolute atomic E-state index is 12.2. The van der Waals surface area contributed by atoms with Crippen LogP contribution in [0.5, 0.6) is 0 Å². The molecule has 0 radical (unpaired) electrons. The Morgan fingerprint density at radius 1 is 1.04 bits per heavy atom. The van der Waals surface area contributed by atoms with E-state index in [4.69, 9.17) is 11.6 Å². The van der Waals surface area contributed by atoms with Crippen molar-refractivity contribution in [2.45, 2.75) is 5.03 Å². The van der Waals surface area contributed by atoms with Gasteiger partial charge in [-0.05, 0) is 42.0 Å². The summed E-state index contributed by atoms with van der Waals surface area (Å²) in [6.45, 7) is 0. The minimum absolute atomic E-state index is 0.0177. The van der Waals surface area contributed by atoms with Crippen molar-refractivity contribution in [1.29, 1.82) is 0 Å². The van der Waals surface area contributed by atoms with Crippen LogP contribution in [0.4, 0.5) is 5.69 Å². The van der Waals surface area contributed by atoms with E-state index in [1.54, 1.807) is 12.1 Å². The highest BCUT2D eigenvalue weighted by Gasteiger charge is 2.15. The Kier molecular flexibility index (Phi) is 3.74. The molecule has 0 spiro atoms. The van der Waals surface area contributed by atoms with E-state index in [2.05, 4.69) is 19.7 Å². The zero-order valence-electron chi connectivity index (χ0n) is 12.8. The lowest BCUT2D eigenvalue weighted by molar-refractivity contribution is 0.598. The molecule has 0 unspecified atom stereocenters. The number of imidazole rings is 1. The average molecular weight is 373 g/mol. The summed E-state index contributed by atoms with van der Waals surface area (Å²) in [6.07, 6.45) is 2.58. The average Bonchev–Trinajstić information content (AvgIpc) is 3.24. The van der Waals surface area contributed by atoms with Gasteiger partial charge >= 0.3 is 0 Å². The molecule has 2 aromatic heterocycles. The number of anilines is 1. The maximum atomic E-state index is 12.2. The van der Waals surface area contributed by atoms with Crippen LogP contribution in [-0.2, 0) is 10.0 Å². The standard InChI is InChI=1S/C17H13ClN4O2S/c18-13-3-6-15-12(7-13)8-16(21-15)11-1-4-14(5-2-11)22-25(23,24)17-9-19-10-20-17/h1-10,21-22H,(H,19,20). The van der Waals surface area contributed by atoms with Crippen molar-refractivity contribution < 1.29 is 8.42 Å². The Bertz CT molecular complexity index is 1130. The van der Waals surface area contributed by atoms with Crippen LogP contribution in [0.2, 0.25) is 5.02 Å². The molecule has 126 valence electrons. The van der Waals surface area contributed by atoms with E-state index < -0.39 is 10.0 Å². The highest BCUT2D eigenvalue weighted by atomic mass is 35.5. The summed E-state index contributed by atoms with van der Waals surface area (Å²) in [4.78, 5) is 9.62. The number of benzene rings is 2. The molecule has 0 atom stereocenters. The molecule has 0 fully saturated rings. The monoisotopic (exact) mass is 372 g/mol. The number of hydrogen-bond acceptors (Lipinski definition) is 3. The van der Waals surface area contributed by atoms with Crippen molar-refractivity contribution in [2.24, 2.45) is 0 Å². The van der Waals surface area contributed by atoms with E-state index in [1.165, 1.54) is 12.5 Å². The predicted octanol–water partition coefficient (Wildman–Crippen LogP) is 4.01. The smallest absolute Gasteiger partial charge is 0.278 e. The molecular formula is C17H13ClN4O2S. The minimum atomic E-state index is -3.66. The lowest BCUT2D eigenvalue weighted by Crippen LogP contribution is -2.13. The second-order valence-corrected chi connectivity index (χ2v) is 7.60. The number of halogens is 1. The van der Waals surface area contributed by atoms with Gasteiger partial charge in [-0.2, -0.15) is 8.42 Å². The zero-order valence-corrected chi connectivity index (χ0v) is 14.4. The van der Waals surface area contributed by atoms with Gasteiger partial charge in [0, 0.05) is 27.3 Å². The second kappa shape index (κ2) is 5.94. The van der Waals surface area contributed by atoms with Crippen molar-refractivity contribution in [3.8, 4) is 11.3 Å². The summed E-state index contributed by atoms with van der Waals surface area (Å²) in [5, 5.41) is 1.72. The number of nitrogens with one attached hydrogen (secondary N) is 3. The van der Waals surface area contributed by atoms with E-state index in [9.17, 15) is 8.42 Å². The van der Waals surface area contributed by atoms with Crippen LogP contribution in [0, 0.1) is 0 Å². The predicted molar refractivity (Wildman–Crippen MR) is 98.1 cm³/mol. The van der Waals surface area contributed by atoms with Crippen LogP contribution in [-0.4, -0.2) is 23.4 Å². The van der Waals surface area contributed by atoms with E-state index in [-0.39, 0.29) is 5.03 Å². The van der Waals surface area contributed by atoms with Gasteiger partial charge in [0.2, 0.25) is 0 Å². The van der Waals surface area contributed by atoms with Gasteiger partial charge in [0.15, 0.2) is 5.03 Å². The summed E-state index contributed by atoms with van der Waals surface area (Å²) in [6, 6.07) is 14.8. The van der Waals surface area contributed by atoms with Crippen molar-refractivity contribution in [1.82, 2.24) is 15.0 Å². The van der Waals surface area contributed by atoms with E-state index in [0.29, 0.717) is 10.7 Å². The third-order valence-electron chi connectivity index (χ3n) is 3.79.